The van der Waals surface area contributed by atoms with Crippen LogP contribution in [0.4, 0.5) is 0 Å². The van der Waals surface area contributed by atoms with E-state index >= 15 is 0 Å². The Morgan fingerprint density at radius 2 is 1.79 bits per heavy atom. The standard InChI is InChI=1S/C29H26BrN3O5/c1-4-37-27-13-19(12-25(30)28(27)38-18-22-8-6-5-7-20(22)15-31)11-23(16-32)29(34)33-17-21-9-10-24(35-2)14-26(21)36-3/h5-14H,4,17-18H2,1-3H3,(H,33,34)/b23-11+. The number of amides is 1. The van der Waals surface area contributed by atoms with E-state index in [1.165, 1.54) is 13.2 Å². The average molecular weight is 576 g/mol. The van der Waals surface area contributed by atoms with Gasteiger partial charge in [-0.05, 0) is 64.8 Å². The van der Waals surface area contributed by atoms with Gasteiger partial charge in [0.15, 0.2) is 11.5 Å². The lowest BCUT2D eigenvalue weighted by Crippen LogP contribution is -2.24. The van der Waals surface area contributed by atoms with Gasteiger partial charge < -0.3 is 24.3 Å². The number of benzene rings is 3. The molecule has 0 saturated heterocycles. The first-order valence-electron chi connectivity index (χ1n) is 11.6. The summed E-state index contributed by atoms with van der Waals surface area (Å²) in [7, 11) is 3.09. The monoisotopic (exact) mass is 575 g/mol. The van der Waals surface area contributed by atoms with Gasteiger partial charge in [-0.15, -0.1) is 0 Å². The molecule has 0 heterocycles. The molecule has 1 N–H and O–H groups in total. The van der Waals surface area contributed by atoms with Gasteiger partial charge >= 0.3 is 0 Å². The molecule has 0 fully saturated rings. The fourth-order valence-electron chi connectivity index (χ4n) is 3.56. The summed E-state index contributed by atoms with van der Waals surface area (Å²) < 4.78 is 22.9. The lowest BCUT2D eigenvalue weighted by Gasteiger charge is -2.15. The quantitative estimate of drug-likeness (QED) is 0.236. The molecule has 0 atom stereocenters. The lowest BCUT2D eigenvalue weighted by molar-refractivity contribution is -0.117. The van der Waals surface area contributed by atoms with E-state index < -0.39 is 5.91 Å². The molecule has 8 nitrogen and oxygen atoms in total. The zero-order valence-electron chi connectivity index (χ0n) is 21.2. The van der Waals surface area contributed by atoms with Gasteiger partial charge in [-0.3, -0.25) is 4.79 Å². The van der Waals surface area contributed by atoms with Crippen molar-refractivity contribution < 1.29 is 23.7 Å². The molecule has 9 heteroatoms. The second-order valence-corrected chi connectivity index (χ2v) is 8.71. The first kappa shape index (κ1) is 28.1. The number of hydrogen-bond acceptors (Lipinski definition) is 7. The van der Waals surface area contributed by atoms with E-state index in [1.54, 1.807) is 49.6 Å². The summed E-state index contributed by atoms with van der Waals surface area (Å²) in [5.74, 6) is 1.54. The maximum Gasteiger partial charge on any atom is 0.262 e. The zero-order valence-corrected chi connectivity index (χ0v) is 22.8. The van der Waals surface area contributed by atoms with Crippen LogP contribution in [0.1, 0.15) is 29.2 Å². The van der Waals surface area contributed by atoms with Crippen LogP contribution < -0.4 is 24.3 Å². The van der Waals surface area contributed by atoms with Crippen LogP contribution in [0.15, 0.2) is 64.6 Å². The number of rotatable bonds is 11. The number of nitrogens with zero attached hydrogens (tertiary/aromatic N) is 2. The SMILES string of the molecule is CCOc1cc(/C=C(\C#N)C(=O)NCc2ccc(OC)cc2OC)cc(Br)c1OCc1ccccc1C#N. The number of hydrogen-bond donors (Lipinski definition) is 1. The predicted molar refractivity (Wildman–Crippen MR) is 146 cm³/mol. The van der Waals surface area contributed by atoms with Crippen molar-refractivity contribution in [1.82, 2.24) is 5.32 Å². The zero-order chi connectivity index (χ0) is 27.5. The number of carbonyl (C=O) groups is 1. The van der Waals surface area contributed by atoms with Crippen molar-refractivity contribution in [2.45, 2.75) is 20.1 Å². The summed E-state index contributed by atoms with van der Waals surface area (Å²) in [4.78, 5) is 12.8. The van der Waals surface area contributed by atoms with E-state index in [0.717, 1.165) is 11.1 Å². The number of ether oxygens (including phenoxy) is 4. The lowest BCUT2D eigenvalue weighted by atomic mass is 10.1. The van der Waals surface area contributed by atoms with E-state index in [0.29, 0.717) is 45.2 Å². The Morgan fingerprint density at radius 3 is 2.47 bits per heavy atom. The number of nitriles is 2. The van der Waals surface area contributed by atoms with Crippen molar-refractivity contribution >= 4 is 27.9 Å². The van der Waals surface area contributed by atoms with E-state index in [4.69, 9.17) is 18.9 Å². The molecule has 38 heavy (non-hydrogen) atoms. The molecule has 3 aromatic rings. The van der Waals surface area contributed by atoms with Gasteiger partial charge in [-0.25, -0.2) is 0 Å². The van der Waals surface area contributed by atoms with Gasteiger partial charge in [0.25, 0.3) is 5.91 Å². The topological polar surface area (TPSA) is 114 Å². The minimum atomic E-state index is -0.534. The van der Waals surface area contributed by atoms with E-state index in [-0.39, 0.29) is 18.7 Å². The maximum atomic E-state index is 12.8. The molecule has 3 rings (SSSR count). The smallest absolute Gasteiger partial charge is 0.262 e. The summed E-state index contributed by atoms with van der Waals surface area (Å²) in [6.45, 7) is 2.54. The van der Waals surface area contributed by atoms with Crippen molar-refractivity contribution in [2.24, 2.45) is 0 Å². The highest BCUT2D eigenvalue weighted by Gasteiger charge is 2.16. The molecule has 1 amide bonds. The highest BCUT2D eigenvalue weighted by Crippen LogP contribution is 2.38. The first-order chi connectivity index (χ1) is 18.4. The van der Waals surface area contributed by atoms with Crippen LogP contribution in [-0.2, 0) is 17.9 Å². The minimum absolute atomic E-state index is 0.0801. The number of halogens is 1. The Kier molecular flexibility index (Phi) is 10.2. The van der Waals surface area contributed by atoms with E-state index in [2.05, 4.69) is 27.3 Å². The molecule has 194 valence electrons. The molecule has 3 aromatic carbocycles. The molecule has 0 saturated carbocycles. The summed E-state index contributed by atoms with van der Waals surface area (Å²) in [5.41, 5.74) is 2.49. The molecular formula is C29H26BrN3O5. The first-order valence-corrected chi connectivity index (χ1v) is 12.4. The molecule has 0 aliphatic carbocycles. The summed E-state index contributed by atoms with van der Waals surface area (Å²) >= 11 is 3.51. The van der Waals surface area contributed by atoms with Crippen LogP contribution in [-0.4, -0.2) is 26.7 Å². The Balaban J connectivity index is 1.80. The highest BCUT2D eigenvalue weighted by molar-refractivity contribution is 9.10. The van der Waals surface area contributed by atoms with Crippen molar-refractivity contribution in [1.29, 1.82) is 10.5 Å². The Hall–Kier alpha value is -4.47. The second kappa shape index (κ2) is 13.7. The van der Waals surface area contributed by atoms with E-state index in [1.807, 2.05) is 25.1 Å². The van der Waals surface area contributed by atoms with Crippen LogP contribution in [0.2, 0.25) is 0 Å². The van der Waals surface area contributed by atoms with Crippen LogP contribution in [0, 0.1) is 22.7 Å². The fourth-order valence-corrected chi connectivity index (χ4v) is 4.14. The maximum absolute atomic E-state index is 12.8. The molecule has 0 spiro atoms. The van der Waals surface area contributed by atoms with E-state index in [9.17, 15) is 15.3 Å². The van der Waals surface area contributed by atoms with Crippen LogP contribution in [0.5, 0.6) is 23.0 Å². The van der Waals surface area contributed by atoms with Crippen LogP contribution in [0.25, 0.3) is 6.08 Å². The minimum Gasteiger partial charge on any atom is -0.497 e. The third-order valence-electron chi connectivity index (χ3n) is 5.45. The van der Waals surface area contributed by atoms with Gasteiger partial charge in [-0.2, -0.15) is 10.5 Å². The van der Waals surface area contributed by atoms with Crippen molar-refractivity contribution in [3.05, 3.63) is 86.9 Å². The Labute approximate surface area is 230 Å². The van der Waals surface area contributed by atoms with Crippen LogP contribution >= 0.6 is 15.9 Å². The van der Waals surface area contributed by atoms with Gasteiger partial charge in [-0.1, -0.05) is 18.2 Å². The highest BCUT2D eigenvalue weighted by atomic mass is 79.9. The molecule has 0 bridgehead atoms. The molecule has 0 aromatic heterocycles. The molecular weight excluding hydrogens is 550 g/mol. The second-order valence-electron chi connectivity index (χ2n) is 7.85. The average Bonchev–Trinajstić information content (AvgIpc) is 2.94. The summed E-state index contributed by atoms with van der Waals surface area (Å²) in [5, 5.41) is 21.8. The van der Waals surface area contributed by atoms with Crippen molar-refractivity contribution in [2.75, 3.05) is 20.8 Å². The third kappa shape index (κ3) is 7.06. The Morgan fingerprint density at radius 1 is 1.00 bits per heavy atom. The Bertz CT molecular complexity index is 1420. The summed E-state index contributed by atoms with van der Waals surface area (Å²) in [6.07, 6.45) is 1.47. The fraction of sp³-hybridized carbons (Fsp3) is 0.207. The number of methoxy groups -OCH3 is 2. The molecule has 0 radical (unpaired) electrons. The molecule has 0 unspecified atom stereocenters. The predicted octanol–water partition coefficient (Wildman–Crippen LogP) is 5.54. The molecule has 0 aliphatic rings. The van der Waals surface area contributed by atoms with Crippen molar-refractivity contribution in [3.8, 4) is 35.1 Å². The normalized spacial score (nSPS) is 10.6. The summed E-state index contributed by atoms with van der Waals surface area (Å²) in [6, 6.07) is 20.0. The van der Waals surface area contributed by atoms with Gasteiger partial charge in [0, 0.05) is 23.7 Å². The van der Waals surface area contributed by atoms with Crippen LogP contribution in [0.3, 0.4) is 0 Å². The molecule has 0 aliphatic heterocycles. The third-order valence-corrected chi connectivity index (χ3v) is 6.04. The van der Waals surface area contributed by atoms with Crippen molar-refractivity contribution in [3.63, 3.8) is 0 Å². The number of nitrogens with one attached hydrogen (secondary N) is 1. The van der Waals surface area contributed by atoms with Gasteiger partial charge in [0.05, 0.1) is 36.9 Å². The van der Waals surface area contributed by atoms with Gasteiger partial charge in [0.2, 0.25) is 0 Å². The van der Waals surface area contributed by atoms with Gasteiger partial charge in [0.1, 0.15) is 29.7 Å². The largest absolute Gasteiger partial charge is 0.497 e. The number of carbonyl (C=O) groups excluding carboxylic acids is 1.